The zero-order valence-electron chi connectivity index (χ0n) is 4.76. The summed E-state index contributed by atoms with van der Waals surface area (Å²) >= 11 is 0. The quantitative estimate of drug-likeness (QED) is 0.467. The smallest absolute Gasteiger partial charge is 0.102 e. The van der Waals surface area contributed by atoms with E-state index in [0.717, 1.165) is 6.17 Å². The van der Waals surface area contributed by atoms with Crippen molar-refractivity contribution in [2.24, 2.45) is 0 Å². The lowest BCUT2D eigenvalue weighted by Gasteiger charge is -1.48. The van der Waals surface area contributed by atoms with Gasteiger partial charge in [-0.2, -0.15) is 0 Å². The van der Waals surface area contributed by atoms with E-state index in [1.165, 1.54) is 11.1 Å². The van der Waals surface area contributed by atoms with Crippen molar-refractivity contribution in [2.75, 3.05) is 0 Å². The van der Waals surface area contributed by atoms with Gasteiger partial charge >= 0.3 is 0 Å². The van der Waals surface area contributed by atoms with E-state index in [1.807, 2.05) is 0 Å². The maximum atomic E-state index is 9.82. The van der Waals surface area contributed by atoms with Gasteiger partial charge in [0.25, 0.3) is 0 Å². The minimum Gasteiger partial charge on any atom is -0.144 e. The fourth-order valence-electron chi connectivity index (χ4n) is 0.676. The Morgan fingerprint density at radius 2 is 1.78 bits per heavy atom. The van der Waals surface area contributed by atoms with Crippen LogP contribution in [0.1, 0.15) is 0 Å². The third-order valence-electron chi connectivity index (χ3n) is 1.11. The van der Waals surface area contributed by atoms with Crippen LogP contribution in [0.2, 0.25) is 0 Å². The summed E-state index contributed by atoms with van der Waals surface area (Å²) in [7, 11) is 0. The van der Waals surface area contributed by atoms with Crippen molar-refractivity contribution in [3.8, 4) is 23.7 Å². The SMILES string of the molecule is C#CF.c1cc2cc-2c1. The molecule has 0 nitrogen and oxygen atoms in total. The summed E-state index contributed by atoms with van der Waals surface area (Å²) in [6.07, 6.45) is 4.68. The number of fused-ring (bicyclic) bond motifs is 1. The molecule has 0 radical (unpaired) electrons. The van der Waals surface area contributed by atoms with Crippen LogP contribution in [0.5, 0.6) is 0 Å². The number of benzene rings is 1. The van der Waals surface area contributed by atoms with E-state index in [2.05, 4.69) is 30.7 Å². The van der Waals surface area contributed by atoms with Crippen LogP contribution in [-0.2, 0) is 0 Å². The van der Waals surface area contributed by atoms with Gasteiger partial charge in [0.2, 0.25) is 0 Å². The lowest BCUT2D eigenvalue weighted by molar-refractivity contribution is 0.775. The maximum Gasteiger partial charge on any atom is 0.102 e. The highest BCUT2D eigenvalue weighted by molar-refractivity contribution is 5.80. The minimum absolute atomic E-state index is 0.750. The van der Waals surface area contributed by atoms with E-state index in [0.29, 0.717) is 0 Å². The highest BCUT2D eigenvalue weighted by atomic mass is 19.1. The van der Waals surface area contributed by atoms with Crippen molar-refractivity contribution in [3.63, 3.8) is 0 Å². The van der Waals surface area contributed by atoms with Crippen molar-refractivity contribution in [3.05, 3.63) is 24.3 Å². The Morgan fingerprint density at radius 1 is 1.33 bits per heavy atom. The molecule has 44 valence electrons. The van der Waals surface area contributed by atoms with E-state index < -0.39 is 0 Å². The summed E-state index contributed by atoms with van der Waals surface area (Å²) in [5, 5.41) is 0. The molecule has 0 aromatic rings. The first-order chi connectivity index (χ1) is 4.38. The fourth-order valence-corrected chi connectivity index (χ4v) is 0.676. The maximum absolute atomic E-state index is 9.82. The molecule has 0 N–H and O–H groups in total. The summed E-state index contributed by atoms with van der Waals surface area (Å²) in [4.78, 5) is 0. The normalized spacial score (nSPS) is 8.44. The number of hydrogen-bond donors (Lipinski definition) is 0. The van der Waals surface area contributed by atoms with Crippen molar-refractivity contribution < 1.29 is 4.39 Å². The van der Waals surface area contributed by atoms with Crippen LogP contribution in [0, 0.1) is 12.6 Å². The van der Waals surface area contributed by atoms with Crippen LogP contribution in [0.3, 0.4) is 0 Å². The first kappa shape index (κ1) is 5.84. The third kappa shape index (κ3) is 1.30. The molecule has 0 fully saturated rings. The van der Waals surface area contributed by atoms with Crippen LogP contribution < -0.4 is 0 Å². The molecule has 2 aliphatic rings. The van der Waals surface area contributed by atoms with Gasteiger partial charge in [-0.1, -0.05) is 24.6 Å². The summed E-state index contributed by atoms with van der Waals surface area (Å²) in [5.41, 5.74) is 2.85. The van der Waals surface area contributed by atoms with E-state index in [-0.39, 0.29) is 0 Å². The van der Waals surface area contributed by atoms with Crippen molar-refractivity contribution in [2.45, 2.75) is 0 Å². The van der Waals surface area contributed by atoms with Gasteiger partial charge in [0.05, 0.1) is 0 Å². The van der Waals surface area contributed by atoms with E-state index in [4.69, 9.17) is 0 Å². The molecule has 0 aliphatic heterocycles. The molecule has 1 heteroatoms. The highest BCUT2D eigenvalue weighted by Gasteiger charge is 2.06. The van der Waals surface area contributed by atoms with Crippen molar-refractivity contribution >= 4 is 0 Å². The molecule has 0 unspecified atom stereocenters. The molecule has 0 saturated carbocycles. The topological polar surface area (TPSA) is 0 Å². The monoisotopic (exact) mass is 120 g/mol. The molecule has 0 bridgehead atoms. The van der Waals surface area contributed by atoms with E-state index in [1.54, 1.807) is 0 Å². The average Bonchev–Trinajstić information content (AvgIpc) is 2.43. The molecule has 0 heterocycles. The summed E-state index contributed by atoms with van der Waals surface area (Å²) in [6.45, 7) is 0. The van der Waals surface area contributed by atoms with Crippen LogP contribution in [0.4, 0.5) is 4.39 Å². The first-order valence-electron chi connectivity index (χ1n) is 2.55. The lowest BCUT2D eigenvalue weighted by atomic mass is 10.6. The predicted molar refractivity (Wildman–Crippen MR) is 35.4 cm³/mol. The van der Waals surface area contributed by atoms with Gasteiger partial charge in [-0.05, 0) is 17.2 Å². The van der Waals surface area contributed by atoms with Gasteiger partial charge in [0.15, 0.2) is 0 Å². The Kier molecular flexibility index (Phi) is 1.51. The lowest BCUT2D eigenvalue weighted by Crippen LogP contribution is -1.23. The van der Waals surface area contributed by atoms with Gasteiger partial charge < -0.3 is 0 Å². The number of rotatable bonds is 0. The molecule has 0 atom stereocenters. The fraction of sp³-hybridized carbons (Fsp3) is 0. The molecular formula is C8H5F. The highest BCUT2D eigenvalue weighted by Crippen LogP contribution is 2.32. The molecule has 0 amide bonds. The molecular weight excluding hydrogens is 115 g/mol. The zero-order chi connectivity index (χ0) is 6.69. The molecule has 0 aromatic heterocycles. The number of terminal acetylenes is 1. The van der Waals surface area contributed by atoms with Gasteiger partial charge in [-0.15, -0.1) is 4.39 Å². The van der Waals surface area contributed by atoms with Crippen molar-refractivity contribution in [1.82, 2.24) is 0 Å². The third-order valence-corrected chi connectivity index (χ3v) is 1.11. The second kappa shape index (κ2) is 2.32. The Bertz CT molecular complexity index is 228. The van der Waals surface area contributed by atoms with Crippen molar-refractivity contribution in [1.29, 1.82) is 0 Å². The van der Waals surface area contributed by atoms with E-state index in [9.17, 15) is 4.39 Å². The summed E-state index contributed by atoms with van der Waals surface area (Å²) in [5.74, 6) is 0. The van der Waals surface area contributed by atoms with Crippen LogP contribution in [-0.4, -0.2) is 0 Å². The summed E-state index contributed by atoms with van der Waals surface area (Å²) < 4.78 is 9.82. The Balaban J connectivity index is 0.000000120. The van der Waals surface area contributed by atoms with Crippen LogP contribution >= 0.6 is 0 Å². The molecule has 0 spiro atoms. The summed E-state index contributed by atoms with van der Waals surface area (Å²) in [6, 6.07) is 8.48. The van der Waals surface area contributed by atoms with Crippen LogP contribution in [0.15, 0.2) is 24.3 Å². The molecule has 2 rings (SSSR count). The Labute approximate surface area is 53.3 Å². The van der Waals surface area contributed by atoms with Gasteiger partial charge in [0, 0.05) is 0 Å². The van der Waals surface area contributed by atoms with E-state index >= 15 is 0 Å². The zero-order valence-corrected chi connectivity index (χ0v) is 4.76. The number of halogens is 1. The van der Waals surface area contributed by atoms with Gasteiger partial charge in [0.1, 0.15) is 6.17 Å². The molecule has 0 saturated heterocycles. The predicted octanol–water partition coefficient (Wildman–Crippen LogP) is 2.21. The minimum atomic E-state index is 0.750. The average molecular weight is 120 g/mol. The Hall–Kier alpha value is -1.29. The largest absolute Gasteiger partial charge is 0.144 e. The Morgan fingerprint density at radius 3 is 1.89 bits per heavy atom. The number of hydrogen-bond acceptors (Lipinski definition) is 0. The van der Waals surface area contributed by atoms with Gasteiger partial charge in [-0.25, -0.2) is 0 Å². The standard InChI is InChI=1S/C6H4.C2HF/c1-2-5-4-6(5)3-1;1-2-3/h1-4H;1H. The van der Waals surface area contributed by atoms with Crippen LogP contribution in [0.25, 0.3) is 11.1 Å². The second-order valence-corrected chi connectivity index (χ2v) is 1.69. The molecule has 2 aliphatic carbocycles. The van der Waals surface area contributed by atoms with Gasteiger partial charge in [-0.3, -0.25) is 0 Å². The first-order valence-corrected chi connectivity index (χ1v) is 2.55. The molecule has 0 aromatic carbocycles. The second-order valence-electron chi connectivity index (χ2n) is 1.69. The molecule has 9 heavy (non-hydrogen) atoms.